The van der Waals surface area contributed by atoms with Crippen LogP contribution in [0, 0.1) is 11.8 Å². The summed E-state index contributed by atoms with van der Waals surface area (Å²) in [6.45, 7) is 5.90. The molecule has 3 aliphatic rings. The highest BCUT2D eigenvalue weighted by molar-refractivity contribution is 5.78. The Labute approximate surface area is 160 Å². The Morgan fingerprint density at radius 2 is 1.96 bits per heavy atom. The largest absolute Gasteiger partial charge is 0.368 e. The third-order valence-electron chi connectivity index (χ3n) is 5.80. The molecule has 0 aromatic carbocycles. The summed E-state index contributed by atoms with van der Waals surface area (Å²) in [5, 5.41) is 3.22. The second-order valence-corrected chi connectivity index (χ2v) is 8.10. The van der Waals surface area contributed by atoms with Gasteiger partial charge in [-0.2, -0.15) is 4.98 Å². The number of nitrogens with zero attached hydrogens (tertiary/aromatic N) is 4. The maximum absolute atomic E-state index is 12.3. The van der Waals surface area contributed by atoms with Crippen LogP contribution in [0.3, 0.4) is 0 Å². The van der Waals surface area contributed by atoms with E-state index in [1.165, 1.54) is 45.3 Å². The summed E-state index contributed by atoms with van der Waals surface area (Å²) in [6, 6.07) is 1.78. The van der Waals surface area contributed by atoms with Gasteiger partial charge in [0.15, 0.2) is 0 Å². The van der Waals surface area contributed by atoms with E-state index in [4.69, 9.17) is 10.5 Å². The maximum atomic E-state index is 12.3. The number of nitrogens with one attached hydrogen (secondary N) is 1. The van der Waals surface area contributed by atoms with Crippen LogP contribution in [-0.4, -0.2) is 77.7 Å². The van der Waals surface area contributed by atoms with Crippen LogP contribution in [0.15, 0.2) is 12.3 Å². The predicted octanol–water partition coefficient (Wildman–Crippen LogP) is 0.820. The van der Waals surface area contributed by atoms with Gasteiger partial charge in [-0.3, -0.25) is 4.79 Å². The first kappa shape index (κ1) is 18.4. The van der Waals surface area contributed by atoms with Crippen molar-refractivity contribution in [2.24, 2.45) is 11.8 Å². The molecule has 1 aromatic rings. The molecule has 148 valence electrons. The summed E-state index contributed by atoms with van der Waals surface area (Å²) in [5.41, 5.74) is 5.60. The predicted molar refractivity (Wildman–Crippen MR) is 103 cm³/mol. The fraction of sp³-hybridized carbons (Fsp3) is 0.737. The Kier molecular flexibility index (Phi) is 5.73. The number of rotatable bonds is 7. The van der Waals surface area contributed by atoms with Crippen LogP contribution in [0.5, 0.6) is 0 Å². The number of hydrogen-bond acceptors (Lipinski definition) is 7. The molecule has 2 saturated heterocycles. The second kappa shape index (κ2) is 8.39. The van der Waals surface area contributed by atoms with E-state index >= 15 is 0 Å². The van der Waals surface area contributed by atoms with Crippen molar-refractivity contribution in [1.29, 1.82) is 0 Å². The monoisotopic (exact) mass is 374 g/mol. The second-order valence-electron chi connectivity index (χ2n) is 8.10. The van der Waals surface area contributed by atoms with Crippen molar-refractivity contribution in [2.75, 3.05) is 56.9 Å². The fourth-order valence-corrected chi connectivity index (χ4v) is 4.00. The smallest absolute Gasteiger partial charge is 0.248 e. The normalized spacial score (nSPS) is 25.0. The summed E-state index contributed by atoms with van der Waals surface area (Å²) < 4.78 is 5.69. The molecule has 27 heavy (non-hydrogen) atoms. The molecule has 1 amide bonds. The molecule has 8 heteroatoms. The number of aromatic nitrogens is 2. The molecule has 2 aliphatic heterocycles. The van der Waals surface area contributed by atoms with Gasteiger partial charge in [-0.05, 0) is 56.7 Å². The minimum atomic E-state index is -0.0335. The number of carbonyl (C=O) groups excluding carboxylic acids is 1. The molecule has 1 aromatic heterocycles. The van der Waals surface area contributed by atoms with Gasteiger partial charge in [-0.1, -0.05) is 0 Å². The lowest BCUT2D eigenvalue weighted by molar-refractivity contribution is -0.149. The first-order valence-corrected chi connectivity index (χ1v) is 10.1. The van der Waals surface area contributed by atoms with Crippen LogP contribution in [-0.2, 0) is 9.53 Å². The Morgan fingerprint density at radius 3 is 2.70 bits per heavy atom. The third-order valence-corrected chi connectivity index (χ3v) is 5.80. The third kappa shape index (κ3) is 5.29. The molecule has 3 heterocycles. The Bertz CT molecular complexity index is 645. The van der Waals surface area contributed by atoms with Gasteiger partial charge in [0.2, 0.25) is 11.9 Å². The van der Waals surface area contributed by atoms with E-state index < -0.39 is 0 Å². The molecule has 1 atom stereocenters. The SMILES string of the molecule is Nc1nccc(NC[C@@H]2CN(CC3CCN(CC4CC4)CC3)C(=O)CO2)n1. The molecular formula is C19H30N6O2. The molecular weight excluding hydrogens is 344 g/mol. The average molecular weight is 374 g/mol. The average Bonchev–Trinajstić information content (AvgIpc) is 3.48. The lowest BCUT2D eigenvalue weighted by Crippen LogP contribution is -2.51. The molecule has 8 nitrogen and oxygen atoms in total. The van der Waals surface area contributed by atoms with Crippen molar-refractivity contribution in [3.8, 4) is 0 Å². The minimum absolute atomic E-state index is 0.0335. The molecule has 4 rings (SSSR count). The number of nitrogen functional groups attached to an aromatic ring is 1. The van der Waals surface area contributed by atoms with Gasteiger partial charge in [0.1, 0.15) is 12.4 Å². The lowest BCUT2D eigenvalue weighted by atomic mass is 9.95. The molecule has 1 saturated carbocycles. The lowest BCUT2D eigenvalue weighted by Gasteiger charge is -2.38. The van der Waals surface area contributed by atoms with E-state index in [9.17, 15) is 4.79 Å². The summed E-state index contributed by atoms with van der Waals surface area (Å²) in [4.78, 5) is 24.9. The number of piperidine rings is 1. The van der Waals surface area contributed by atoms with Crippen molar-refractivity contribution in [3.63, 3.8) is 0 Å². The van der Waals surface area contributed by atoms with Crippen LogP contribution < -0.4 is 11.1 Å². The summed E-state index contributed by atoms with van der Waals surface area (Å²) in [7, 11) is 0. The van der Waals surface area contributed by atoms with Crippen molar-refractivity contribution < 1.29 is 9.53 Å². The molecule has 0 unspecified atom stereocenters. The van der Waals surface area contributed by atoms with Gasteiger partial charge in [0.05, 0.1) is 6.10 Å². The first-order chi connectivity index (χ1) is 13.2. The van der Waals surface area contributed by atoms with Gasteiger partial charge in [-0.25, -0.2) is 4.98 Å². The maximum Gasteiger partial charge on any atom is 0.248 e. The first-order valence-electron chi connectivity index (χ1n) is 10.1. The summed E-state index contributed by atoms with van der Waals surface area (Å²) in [5.74, 6) is 2.60. The number of amides is 1. The summed E-state index contributed by atoms with van der Waals surface area (Å²) >= 11 is 0. The molecule has 0 spiro atoms. The quantitative estimate of drug-likeness (QED) is 0.729. The van der Waals surface area contributed by atoms with E-state index in [0.717, 1.165) is 12.5 Å². The molecule has 3 fully saturated rings. The van der Waals surface area contributed by atoms with Gasteiger partial charge in [0.25, 0.3) is 0 Å². The molecule has 1 aliphatic carbocycles. The Morgan fingerprint density at radius 1 is 1.19 bits per heavy atom. The van der Waals surface area contributed by atoms with Crippen molar-refractivity contribution in [2.45, 2.75) is 31.8 Å². The zero-order chi connectivity index (χ0) is 18.6. The van der Waals surface area contributed by atoms with E-state index in [-0.39, 0.29) is 24.6 Å². The molecule has 0 radical (unpaired) electrons. The van der Waals surface area contributed by atoms with Crippen molar-refractivity contribution >= 4 is 17.7 Å². The molecule has 0 bridgehead atoms. The number of likely N-dealkylation sites (tertiary alicyclic amines) is 1. The Hall–Kier alpha value is -1.93. The molecule has 3 N–H and O–H groups in total. The summed E-state index contributed by atoms with van der Waals surface area (Å²) in [6.07, 6.45) is 6.81. The number of hydrogen-bond donors (Lipinski definition) is 2. The van der Waals surface area contributed by atoms with Gasteiger partial charge in [-0.15, -0.1) is 0 Å². The Balaban J connectivity index is 1.22. The number of nitrogens with two attached hydrogens (primary N) is 1. The number of ether oxygens (including phenoxy) is 1. The van der Waals surface area contributed by atoms with Crippen LogP contribution in [0.1, 0.15) is 25.7 Å². The zero-order valence-electron chi connectivity index (χ0n) is 15.8. The van der Waals surface area contributed by atoms with E-state index in [0.29, 0.717) is 24.8 Å². The highest BCUT2D eigenvalue weighted by Gasteiger charge is 2.31. The van der Waals surface area contributed by atoms with E-state index in [1.54, 1.807) is 12.3 Å². The van der Waals surface area contributed by atoms with Crippen molar-refractivity contribution in [1.82, 2.24) is 19.8 Å². The highest BCUT2D eigenvalue weighted by Crippen LogP contribution is 2.31. The van der Waals surface area contributed by atoms with E-state index in [2.05, 4.69) is 20.2 Å². The van der Waals surface area contributed by atoms with Gasteiger partial charge in [0, 0.05) is 32.4 Å². The van der Waals surface area contributed by atoms with E-state index in [1.807, 2.05) is 4.90 Å². The van der Waals surface area contributed by atoms with Gasteiger partial charge >= 0.3 is 0 Å². The van der Waals surface area contributed by atoms with Crippen molar-refractivity contribution in [3.05, 3.63) is 12.3 Å². The fourth-order valence-electron chi connectivity index (χ4n) is 4.00. The minimum Gasteiger partial charge on any atom is -0.368 e. The number of morpholine rings is 1. The zero-order valence-corrected chi connectivity index (χ0v) is 15.8. The number of anilines is 2. The number of carbonyl (C=O) groups is 1. The standard InChI is InChI=1S/C19H30N6O2/c20-19-21-6-3-17(23-19)22-9-16-12-25(18(26)13-27-16)11-15-4-7-24(8-5-15)10-14-1-2-14/h3,6,14-16H,1-2,4-5,7-13H2,(H3,20,21,22,23)/t16-/m1/s1. The van der Waals surface area contributed by atoms with Crippen LogP contribution in [0.2, 0.25) is 0 Å². The van der Waals surface area contributed by atoms with Crippen LogP contribution in [0.4, 0.5) is 11.8 Å². The van der Waals surface area contributed by atoms with Crippen LogP contribution in [0.25, 0.3) is 0 Å². The topological polar surface area (TPSA) is 96.6 Å². The highest BCUT2D eigenvalue weighted by atomic mass is 16.5. The van der Waals surface area contributed by atoms with Gasteiger partial charge < -0.3 is 25.6 Å². The van der Waals surface area contributed by atoms with Crippen LogP contribution >= 0.6 is 0 Å².